The molecule has 0 spiro atoms. The number of amidine groups is 1. The SMILES string of the molecule is Cc1cc(/C=C2\SC(=Nc3ccc(Br)c(Cl)c3)N(C)C2=O)c(C)n1-c1cccc([N+](=O)[O-])c1. The molecule has 0 aliphatic carbocycles. The van der Waals surface area contributed by atoms with E-state index in [1.165, 1.54) is 28.8 Å². The van der Waals surface area contributed by atoms with Gasteiger partial charge in [0.2, 0.25) is 0 Å². The molecule has 0 N–H and O–H groups in total. The number of aryl methyl sites for hydroxylation is 1. The smallest absolute Gasteiger partial charge is 0.271 e. The number of aromatic nitrogens is 1. The van der Waals surface area contributed by atoms with E-state index in [0.29, 0.717) is 26.5 Å². The van der Waals surface area contributed by atoms with E-state index in [4.69, 9.17) is 11.6 Å². The molecular weight excluding hydrogens is 528 g/mol. The van der Waals surface area contributed by atoms with Crippen molar-refractivity contribution in [2.45, 2.75) is 13.8 Å². The van der Waals surface area contributed by atoms with Crippen LogP contribution in [0, 0.1) is 24.0 Å². The highest BCUT2D eigenvalue weighted by Crippen LogP contribution is 2.35. The summed E-state index contributed by atoms with van der Waals surface area (Å²) in [5, 5.41) is 12.3. The lowest BCUT2D eigenvalue weighted by molar-refractivity contribution is -0.384. The van der Waals surface area contributed by atoms with Crippen LogP contribution < -0.4 is 0 Å². The van der Waals surface area contributed by atoms with E-state index >= 15 is 0 Å². The van der Waals surface area contributed by atoms with Crippen molar-refractivity contribution in [3.05, 3.63) is 90.0 Å². The van der Waals surface area contributed by atoms with Crippen molar-refractivity contribution in [2.24, 2.45) is 4.99 Å². The Bertz CT molecular complexity index is 1370. The molecule has 0 unspecified atom stereocenters. The predicted molar refractivity (Wildman–Crippen MR) is 136 cm³/mol. The summed E-state index contributed by atoms with van der Waals surface area (Å²) in [7, 11) is 1.68. The second kappa shape index (κ2) is 9.17. The van der Waals surface area contributed by atoms with Crippen LogP contribution in [0.1, 0.15) is 17.0 Å². The zero-order valence-electron chi connectivity index (χ0n) is 17.9. The van der Waals surface area contributed by atoms with Gasteiger partial charge in [0.15, 0.2) is 5.17 Å². The second-order valence-electron chi connectivity index (χ2n) is 7.41. The zero-order chi connectivity index (χ0) is 23.9. The number of non-ortho nitro benzene ring substituents is 1. The normalized spacial score (nSPS) is 16.3. The molecule has 2 aromatic carbocycles. The number of amides is 1. The number of nitro benzene ring substituents is 1. The standard InChI is InChI=1S/C23H18BrClN4O3S/c1-13-9-15(14(2)28(13)17-5-4-6-18(12-17)29(31)32)10-21-22(30)27(3)23(33-21)26-16-7-8-19(24)20(25)11-16/h4-12H,1-3H3/b21-10-,26-23?. The molecule has 168 valence electrons. The Morgan fingerprint density at radius 2 is 1.94 bits per heavy atom. The summed E-state index contributed by atoms with van der Waals surface area (Å²) in [6, 6.07) is 13.8. The quantitative estimate of drug-likeness (QED) is 0.209. The maximum atomic E-state index is 12.9. The highest BCUT2D eigenvalue weighted by Gasteiger charge is 2.31. The Hall–Kier alpha value is -2.88. The molecule has 7 nitrogen and oxygen atoms in total. The van der Waals surface area contributed by atoms with Gasteiger partial charge in [0.1, 0.15) is 0 Å². The summed E-state index contributed by atoms with van der Waals surface area (Å²) >= 11 is 10.8. The third-order valence-electron chi connectivity index (χ3n) is 5.19. The lowest BCUT2D eigenvalue weighted by atomic mass is 10.2. The van der Waals surface area contributed by atoms with Gasteiger partial charge in [-0.2, -0.15) is 0 Å². The Kier molecular flexibility index (Phi) is 6.47. The Morgan fingerprint density at radius 1 is 1.18 bits per heavy atom. The van der Waals surface area contributed by atoms with E-state index in [1.807, 2.05) is 48.8 Å². The number of aliphatic imine (C=N–C) groups is 1. The summed E-state index contributed by atoms with van der Waals surface area (Å²) in [5.41, 5.74) is 4.01. The first-order valence-electron chi connectivity index (χ1n) is 9.81. The van der Waals surface area contributed by atoms with Gasteiger partial charge in [-0.05, 0) is 83.5 Å². The highest BCUT2D eigenvalue weighted by atomic mass is 79.9. The highest BCUT2D eigenvalue weighted by molar-refractivity contribution is 9.10. The van der Waals surface area contributed by atoms with Gasteiger partial charge in [-0.3, -0.25) is 19.8 Å². The maximum Gasteiger partial charge on any atom is 0.271 e. The molecule has 1 aromatic heterocycles. The van der Waals surface area contributed by atoms with Gasteiger partial charge >= 0.3 is 0 Å². The average Bonchev–Trinajstić information content (AvgIpc) is 3.20. The van der Waals surface area contributed by atoms with Gasteiger partial charge in [-0.25, -0.2) is 4.99 Å². The van der Waals surface area contributed by atoms with Crippen LogP contribution in [-0.2, 0) is 4.79 Å². The van der Waals surface area contributed by atoms with E-state index in [9.17, 15) is 14.9 Å². The fraction of sp³-hybridized carbons (Fsp3) is 0.130. The number of likely N-dealkylation sites (N-methyl/N-ethyl adjacent to an activating group) is 1. The number of carbonyl (C=O) groups excluding carboxylic acids is 1. The van der Waals surface area contributed by atoms with E-state index in [0.717, 1.165) is 21.4 Å². The molecule has 4 rings (SSSR count). The number of hydrogen-bond acceptors (Lipinski definition) is 5. The first-order chi connectivity index (χ1) is 15.7. The molecule has 2 heterocycles. The van der Waals surface area contributed by atoms with Crippen molar-refractivity contribution in [1.29, 1.82) is 0 Å². The number of benzene rings is 2. The number of thioether (sulfide) groups is 1. The van der Waals surface area contributed by atoms with E-state index in [2.05, 4.69) is 20.9 Å². The lowest BCUT2D eigenvalue weighted by Gasteiger charge is -2.09. The molecule has 1 saturated heterocycles. The molecule has 10 heteroatoms. The van der Waals surface area contributed by atoms with E-state index in [1.54, 1.807) is 19.2 Å². The van der Waals surface area contributed by atoms with Gasteiger partial charge in [0, 0.05) is 35.0 Å². The molecule has 3 aromatic rings. The number of halogens is 2. The Morgan fingerprint density at radius 3 is 2.64 bits per heavy atom. The molecular formula is C23H18BrClN4O3S. The van der Waals surface area contributed by atoms with E-state index in [-0.39, 0.29) is 11.6 Å². The first-order valence-corrected chi connectivity index (χ1v) is 11.8. The van der Waals surface area contributed by atoms with Crippen LogP contribution in [0.2, 0.25) is 5.02 Å². The fourth-order valence-corrected chi connectivity index (χ4v) is 4.93. The maximum absolute atomic E-state index is 12.9. The average molecular weight is 546 g/mol. The van der Waals surface area contributed by atoms with Crippen molar-refractivity contribution in [3.63, 3.8) is 0 Å². The van der Waals surface area contributed by atoms with Crippen molar-refractivity contribution < 1.29 is 9.72 Å². The molecule has 0 bridgehead atoms. The molecule has 0 atom stereocenters. The molecule has 1 amide bonds. The lowest BCUT2D eigenvalue weighted by Crippen LogP contribution is -2.23. The topological polar surface area (TPSA) is 80.7 Å². The summed E-state index contributed by atoms with van der Waals surface area (Å²) in [6.45, 7) is 3.85. The number of nitrogens with zero attached hydrogens (tertiary/aromatic N) is 4. The van der Waals surface area contributed by atoms with Gasteiger partial charge in [-0.1, -0.05) is 17.7 Å². The van der Waals surface area contributed by atoms with Gasteiger partial charge in [0.05, 0.1) is 26.2 Å². The summed E-state index contributed by atoms with van der Waals surface area (Å²) < 4.78 is 2.71. The van der Waals surface area contributed by atoms with Crippen LogP contribution in [0.15, 0.2) is 62.9 Å². The van der Waals surface area contributed by atoms with Crippen molar-refractivity contribution >= 4 is 67.8 Å². The number of carbonyl (C=O) groups is 1. The summed E-state index contributed by atoms with van der Waals surface area (Å²) in [5.74, 6) is -0.151. The molecule has 1 aliphatic heterocycles. The van der Waals surface area contributed by atoms with Gasteiger partial charge in [0.25, 0.3) is 11.6 Å². The third-order valence-corrected chi connectivity index (χ3v) is 7.48. The van der Waals surface area contributed by atoms with Gasteiger partial charge < -0.3 is 4.57 Å². The van der Waals surface area contributed by atoms with Crippen LogP contribution in [0.3, 0.4) is 0 Å². The molecule has 1 aliphatic rings. The van der Waals surface area contributed by atoms with Crippen molar-refractivity contribution in [1.82, 2.24) is 9.47 Å². The van der Waals surface area contributed by atoms with Crippen LogP contribution in [0.5, 0.6) is 0 Å². The molecule has 0 radical (unpaired) electrons. The molecule has 0 saturated carbocycles. The third kappa shape index (κ3) is 4.62. The Balaban J connectivity index is 1.68. The number of hydrogen-bond donors (Lipinski definition) is 0. The predicted octanol–water partition coefficient (Wildman–Crippen LogP) is 6.65. The van der Waals surface area contributed by atoms with Crippen LogP contribution in [-0.4, -0.2) is 32.5 Å². The zero-order valence-corrected chi connectivity index (χ0v) is 21.0. The molecule has 1 fully saturated rings. The fourth-order valence-electron chi connectivity index (χ4n) is 3.53. The minimum absolute atomic E-state index is 0.0250. The van der Waals surface area contributed by atoms with E-state index < -0.39 is 4.92 Å². The van der Waals surface area contributed by atoms with Crippen LogP contribution in [0.25, 0.3) is 11.8 Å². The van der Waals surface area contributed by atoms with Crippen molar-refractivity contribution in [2.75, 3.05) is 7.05 Å². The monoisotopic (exact) mass is 544 g/mol. The number of nitro groups is 1. The summed E-state index contributed by atoms with van der Waals surface area (Å²) in [4.78, 5) is 30.2. The summed E-state index contributed by atoms with van der Waals surface area (Å²) in [6.07, 6.45) is 1.83. The van der Waals surface area contributed by atoms with Crippen LogP contribution in [0.4, 0.5) is 11.4 Å². The number of rotatable bonds is 4. The minimum atomic E-state index is -0.413. The largest absolute Gasteiger partial charge is 0.318 e. The van der Waals surface area contributed by atoms with Crippen molar-refractivity contribution in [3.8, 4) is 5.69 Å². The Labute approximate surface area is 208 Å². The first kappa shape index (κ1) is 23.3. The van der Waals surface area contributed by atoms with Crippen LogP contribution >= 0.6 is 39.3 Å². The molecule has 33 heavy (non-hydrogen) atoms. The minimum Gasteiger partial charge on any atom is -0.318 e. The van der Waals surface area contributed by atoms with Gasteiger partial charge in [-0.15, -0.1) is 0 Å². The second-order valence-corrected chi connectivity index (χ2v) is 9.68.